The molecule has 7 nitrogen and oxygen atoms in total. The highest BCUT2D eigenvalue weighted by atomic mass is 16.2. The molecule has 0 aliphatic carbocycles. The van der Waals surface area contributed by atoms with Gasteiger partial charge in [0.25, 0.3) is 5.91 Å². The van der Waals surface area contributed by atoms with Crippen LogP contribution >= 0.6 is 0 Å². The van der Waals surface area contributed by atoms with E-state index >= 15 is 0 Å². The minimum absolute atomic E-state index is 0.0343. The summed E-state index contributed by atoms with van der Waals surface area (Å²) in [6.07, 6.45) is 2.45. The lowest BCUT2D eigenvalue weighted by Crippen LogP contribution is -2.59. The molecule has 1 heterocycles. The summed E-state index contributed by atoms with van der Waals surface area (Å²) in [5.41, 5.74) is 10.6. The fourth-order valence-electron chi connectivity index (χ4n) is 2.88. The average molecular weight is 318 g/mol. The topological polar surface area (TPSA) is 119 Å². The van der Waals surface area contributed by atoms with Crippen LogP contribution in [0.5, 0.6) is 0 Å². The number of hydrogen-bond acceptors (Lipinski definition) is 4. The summed E-state index contributed by atoms with van der Waals surface area (Å²) in [5, 5.41) is 2.68. The third-order valence-electron chi connectivity index (χ3n) is 4.37. The quantitative estimate of drug-likeness (QED) is 0.730. The summed E-state index contributed by atoms with van der Waals surface area (Å²) in [7, 11) is 0. The number of rotatable bonds is 5. The Morgan fingerprint density at radius 1 is 1.22 bits per heavy atom. The first-order valence-electron chi connectivity index (χ1n) is 7.58. The van der Waals surface area contributed by atoms with Gasteiger partial charge in [-0.3, -0.25) is 19.3 Å². The molecule has 0 aromatic heterocycles. The Balaban J connectivity index is 2.10. The van der Waals surface area contributed by atoms with Crippen molar-refractivity contribution < 1.29 is 14.4 Å². The molecule has 7 heteroatoms. The van der Waals surface area contributed by atoms with E-state index in [2.05, 4.69) is 5.32 Å². The molecule has 1 fully saturated rings. The highest BCUT2D eigenvalue weighted by Gasteiger charge is 2.40. The van der Waals surface area contributed by atoms with Crippen LogP contribution in [0, 0.1) is 0 Å². The molecule has 1 atom stereocenters. The second-order valence-electron chi connectivity index (χ2n) is 5.97. The number of hydrogen-bond donors (Lipinski definition) is 3. The van der Waals surface area contributed by atoms with Gasteiger partial charge in [-0.15, -0.1) is 0 Å². The van der Waals surface area contributed by atoms with E-state index in [0.717, 1.165) is 12.8 Å². The van der Waals surface area contributed by atoms with Crippen LogP contribution in [0.15, 0.2) is 24.3 Å². The molecular formula is C16H22N4O3. The maximum absolute atomic E-state index is 12.3. The molecule has 0 saturated carbocycles. The minimum atomic E-state index is -0.821. The van der Waals surface area contributed by atoms with Crippen molar-refractivity contribution in [2.45, 2.75) is 31.7 Å². The number of likely N-dealkylation sites (tertiary alicyclic amines) is 1. The van der Waals surface area contributed by atoms with Crippen LogP contribution in [0.1, 0.15) is 36.5 Å². The fraction of sp³-hybridized carbons (Fsp3) is 0.438. The highest BCUT2D eigenvalue weighted by molar-refractivity contribution is 6.03. The van der Waals surface area contributed by atoms with Crippen molar-refractivity contribution in [3.05, 3.63) is 29.8 Å². The molecule has 3 amide bonds. The van der Waals surface area contributed by atoms with Crippen LogP contribution in [-0.2, 0) is 9.59 Å². The average Bonchev–Trinajstić information content (AvgIpc) is 2.49. The maximum Gasteiger partial charge on any atom is 0.250 e. The molecule has 1 aromatic carbocycles. The first kappa shape index (κ1) is 17.0. The Morgan fingerprint density at radius 3 is 2.57 bits per heavy atom. The predicted molar refractivity (Wildman–Crippen MR) is 86.6 cm³/mol. The highest BCUT2D eigenvalue weighted by Crippen LogP contribution is 2.27. The van der Waals surface area contributed by atoms with Crippen LogP contribution in [-0.4, -0.2) is 41.2 Å². The number of amides is 3. The van der Waals surface area contributed by atoms with E-state index in [4.69, 9.17) is 11.5 Å². The van der Waals surface area contributed by atoms with Crippen LogP contribution in [0.3, 0.4) is 0 Å². The summed E-state index contributed by atoms with van der Waals surface area (Å²) >= 11 is 0. The molecule has 5 N–H and O–H groups in total. The Hall–Kier alpha value is -2.41. The molecule has 1 aromatic rings. The first-order valence-corrected chi connectivity index (χ1v) is 7.58. The molecule has 0 bridgehead atoms. The second-order valence-corrected chi connectivity index (χ2v) is 5.97. The van der Waals surface area contributed by atoms with Crippen molar-refractivity contribution >= 4 is 23.4 Å². The summed E-state index contributed by atoms with van der Waals surface area (Å²) in [5.74, 6) is -1.35. The zero-order valence-corrected chi connectivity index (χ0v) is 13.2. The van der Waals surface area contributed by atoms with Gasteiger partial charge in [-0.1, -0.05) is 12.1 Å². The molecule has 1 aliphatic rings. The Kier molecular flexibility index (Phi) is 5.00. The number of primary amides is 2. The molecule has 2 rings (SSSR count). The molecular weight excluding hydrogens is 296 g/mol. The van der Waals surface area contributed by atoms with Gasteiger partial charge >= 0.3 is 0 Å². The Labute approximate surface area is 135 Å². The number of carbonyl (C=O) groups excluding carboxylic acids is 3. The molecule has 1 saturated heterocycles. The lowest BCUT2D eigenvalue weighted by atomic mass is 9.87. The van der Waals surface area contributed by atoms with Crippen molar-refractivity contribution in [1.29, 1.82) is 0 Å². The Morgan fingerprint density at radius 2 is 1.91 bits per heavy atom. The number of carbonyl (C=O) groups is 3. The van der Waals surface area contributed by atoms with E-state index in [9.17, 15) is 14.4 Å². The van der Waals surface area contributed by atoms with Crippen molar-refractivity contribution in [2.75, 3.05) is 18.4 Å². The van der Waals surface area contributed by atoms with Gasteiger partial charge in [0, 0.05) is 0 Å². The Bertz CT molecular complexity index is 632. The number of para-hydroxylation sites is 1. The smallest absolute Gasteiger partial charge is 0.250 e. The molecule has 0 spiro atoms. The van der Waals surface area contributed by atoms with Gasteiger partial charge in [0.1, 0.15) is 0 Å². The normalized spacial score (nSPS) is 21.6. The molecule has 0 radical (unpaired) electrons. The number of nitrogens with zero attached hydrogens (tertiary/aromatic N) is 1. The molecule has 23 heavy (non-hydrogen) atoms. The summed E-state index contributed by atoms with van der Waals surface area (Å²) < 4.78 is 0. The number of nitrogens with two attached hydrogens (primary N) is 2. The van der Waals surface area contributed by atoms with Crippen molar-refractivity contribution in [3.63, 3.8) is 0 Å². The van der Waals surface area contributed by atoms with E-state index in [1.165, 1.54) is 0 Å². The van der Waals surface area contributed by atoms with Crippen LogP contribution in [0.25, 0.3) is 0 Å². The summed E-state index contributed by atoms with van der Waals surface area (Å²) in [6, 6.07) is 6.54. The van der Waals surface area contributed by atoms with E-state index in [0.29, 0.717) is 18.7 Å². The number of piperidine rings is 1. The maximum atomic E-state index is 12.3. The number of nitrogens with one attached hydrogen (secondary N) is 1. The summed E-state index contributed by atoms with van der Waals surface area (Å²) in [6.45, 7) is 2.43. The lowest BCUT2D eigenvalue weighted by molar-refractivity contribution is -0.133. The van der Waals surface area contributed by atoms with Crippen molar-refractivity contribution in [1.82, 2.24) is 4.90 Å². The third-order valence-corrected chi connectivity index (χ3v) is 4.37. The molecule has 124 valence electrons. The third kappa shape index (κ3) is 3.68. The van der Waals surface area contributed by atoms with Gasteiger partial charge in [0.05, 0.1) is 23.3 Å². The minimum Gasteiger partial charge on any atom is -0.368 e. The van der Waals surface area contributed by atoms with E-state index in [1.807, 2.05) is 0 Å². The fourth-order valence-corrected chi connectivity index (χ4v) is 2.88. The second kappa shape index (κ2) is 6.78. The van der Waals surface area contributed by atoms with E-state index < -0.39 is 17.4 Å². The summed E-state index contributed by atoms with van der Waals surface area (Å²) in [4.78, 5) is 37.2. The van der Waals surface area contributed by atoms with Gasteiger partial charge in [-0.25, -0.2) is 0 Å². The standard InChI is InChI=1S/C16H22N4O3/c1-16(15(18)23)8-4-5-9-20(16)10-13(21)19-12-7-3-2-6-11(12)14(17)22/h2-3,6-7H,4-5,8-10H2,1H3,(H2,17,22)(H2,18,23)(H,19,21). The lowest BCUT2D eigenvalue weighted by Gasteiger charge is -2.42. The zero-order valence-electron chi connectivity index (χ0n) is 13.2. The molecule has 1 aliphatic heterocycles. The van der Waals surface area contributed by atoms with Gasteiger partial charge in [0.15, 0.2) is 0 Å². The van der Waals surface area contributed by atoms with Crippen LogP contribution in [0.2, 0.25) is 0 Å². The van der Waals surface area contributed by atoms with Gasteiger partial charge in [-0.05, 0) is 44.9 Å². The number of anilines is 1. The van der Waals surface area contributed by atoms with Gasteiger partial charge < -0.3 is 16.8 Å². The molecule has 1 unspecified atom stereocenters. The SMILES string of the molecule is CC1(C(N)=O)CCCCN1CC(=O)Nc1ccccc1C(N)=O. The first-order chi connectivity index (χ1) is 10.8. The van der Waals surface area contributed by atoms with Crippen molar-refractivity contribution in [3.8, 4) is 0 Å². The van der Waals surface area contributed by atoms with E-state index in [-0.39, 0.29) is 18.0 Å². The monoisotopic (exact) mass is 318 g/mol. The van der Waals surface area contributed by atoms with E-state index in [1.54, 1.807) is 36.1 Å². The van der Waals surface area contributed by atoms with Gasteiger partial charge in [0.2, 0.25) is 11.8 Å². The number of benzene rings is 1. The largest absolute Gasteiger partial charge is 0.368 e. The zero-order chi connectivity index (χ0) is 17.0. The van der Waals surface area contributed by atoms with Gasteiger partial charge in [-0.2, -0.15) is 0 Å². The van der Waals surface area contributed by atoms with Crippen LogP contribution in [0.4, 0.5) is 5.69 Å². The van der Waals surface area contributed by atoms with Crippen LogP contribution < -0.4 is 16.8 Å². The van der Waals surface area contributed by atoms with Crippen molar-refractivity contribution in [2.24, 2.45) is 11.5 Å². The predicted octanol–water partition coefficient (Wildman–Crippen LogP) is 0.454.